The molecule has 128 valence electrons. The molecule has 24 heavy (non-hydrogen) atoms. The van der Waals surface area contributed by atoms with Crippen LogP contribution in [0.15, 0.2) is 30.3 Å². The van der Waals surface area contributed by atoms with E-state index in [1.54, 1.807) is 11.6 Å². The number of para-hydroxylation sites is 1. The number of hydrogen-bond acceptors (Lipinski definition) is 5. The summed E-state index contributed by atoms with van der Waals surface area (Å²) in [6, 6.07) is 9.55. The van der Waals surface area contributed by atoms with Gasteiger partial charge in [0.15, 0.2) is 9.84 Å². The predicted molar refractivity (Wildman–Crippen MR) is 90.0 cm³/mol. The summed E-state index contributed by atoms with van der Waals surface area (Å²) in [5, 5.41) is 6.91. The molecule has 1 aromatic heterocycles. The minimum atomic E-state index is -3.11. The summed E-state index contributed by atoms with van der Waals surface area (Å²) in [5.41, 5.74) is 0.861. The molecule has 0 unspecified atom stereocenters. The molecule has 0 atom stereocenters. The van der Waals surface area contributed by atoms with E-state index in [4.69, 9.17) is 0 Å². The first-order valence-corrected chi connectivity index (χ1v) is 9.83. The lowest BCUT2D eigenvalue weighted by atomic mass is 10.3. The second-order valence-corrected chi connectivity index (χ2v) is 8.28. The van der Waals surface area contributed by atoms with Gasteiger partial charge >= 0.3 is 0 Å². The van der Waals surface area contributed by atoms with Gasteiger partial charge in [0.05, 0.1) is 11.4 Å². The van der Waals surface area contributed by atoms with E-state index in [0.29, 0.717) is 5.92 Å². The molecule has 3 rings (SSSR count). The van der Waals surface area contributed by atoms with Gasteiger partial charge in [0.2, 0.25) is 5.82 Å². The fraction of sp³-hybridized carbons (Fsp3) is 0.438. The fourth-order valence-electron chi connectivity index (χ4n) is 2.33. The first-order chi connectivity index (χ1) is 11.5. The van der Waals surface area contributed by atoms with Crippen molar-refractivity contribution in [1.82, 2.24) is 20.1 Å². The van der Waals surface area contributed by atoms with E-state index >= 15 is 0 Å². The molecule has 0 aliphatic heterocycles. The van der Waals surface area contributed by atoms with Crippen LogP contribution in [0.25, 0.3) is 5.69 Å². The highest BCUT2D eigenvalue weighted by molar-refractivity contribution is 7.91. The first-order valence-electron chi connectivity index (χ1n) is 8.01. The number of carbonyl (C=O) groups excluding carboxylic acids is 1. The molecule has 0 bridgehead atoms. The van der Waals surface area contributed by atoms with Gasteiger partial charge in [0.1, 0.15) is 5.82 Å². The summed E-state index contributed by atoms with van der Waals surface area (Å²) in [6.45, 7) is 1.65. The first kappa shape index (κ1) is 16.6. The Morgan fingerprint density at radius 3 is 2.62 bits per heavy atom. The highest BCUT2D eigenvalue weighted by Gasteiger charge is 2.31. The molecule has 7 nitrogen and oxygen atoms in total. The van der Waals surface area contributed by atoms with Crippen LogP contribution in [0.5, 0.6) is 0 Å². The quantitative estimate of drug-likeness (QED) is 0.814. The van der Waals surface area contributed by atoms with Crippen molar-refractivity contribution in [3.8, 4) is 5.69 Å². The topological polar surface area (TPSA) is 94.0 Å². The van der Waals surface area contributed by atoms with Crippen molar-refractivity contribution < 1.29 is 13.2 Å². The number of aromatic nitrogens is 3. The zero-order valence-electron chi connectivity index (χ0n) is 13.5. The van der Waals surface area contributed by atoms with Crippen LogP contribution in [0.1, 0.15) is 42.1 Å². The van der Waals surface area contributed by atoms with Gasteiger partial charge in [-0.1, -0.05) is 25.1 Å². The molecule has 1 fully saturated rings. The van der Waals surface area contributed by atoms with Crippen LogP contribution in [0.3, 0.4) is 0 Å². The van der Waals surface area contributed by atoms with Crippen molar-refractivity contribution in [2.24, 2.45) is 0 Å². The predicted octanol–water partition coefficient (Wildman–Crippen LogP) is 1.31. The molecule has 1 N–H and O–H groups in total. The van der Waals surface area contributed by atoms with Crippen LogP contribution in [-0.2, 0) is 9.84 Å². The fourth-order valence-corrected chi connectivity index (χ4v) is 3.03. The van der Waals surface area contributed by atoms with Crippen molar-refractivity contribution >= 4 is 15.7 Å². The molecule has 8 heteroatoms. The van der Waals surface area contributed by atoms with Crippen LogP contribution >= 0.6 is 0 Å². The maximum atomic E-state index is 12.2. The molecule has 0 spiro atoms. The smallest absolute Gasteiger partial charge is 0.291 e. The Bertz CT molecular complexity index is 826. The third kappa shape index (κ3) is 3.81. The van der Waals surface area contributed by atoms with Gasteiger partial charge in [-0.05, 0) is 25.0 Å². The van der Waals surface area contributed by atoms with Gasteiger partial charge in [-0.3, -0.25) is 4.79 Å². The Morgan fingerprint density at radius 1 is 1.29 bits per heavy atom. The third-order valence-electron chi connectivity index (χ3n) is 3.92. The van der Waals surface area contributed by atoms with Crippen LogP contribution < -0.4 is 5.32 Å². The molecule has 2 aromatic rings. The van der Waals surface area contributed by atoms with Crippen molar-refractivity contribution in [1.29, 1.82) is 0 Å². The summed E-state index contributed by atoms with van der Waals surface area (Å²) in [5.74, 6) is 0.736. The lowest BCUT2D eigenvalue weighted by Crippen LogP contribution is -2.30. The van der Waals surface area contributed by atoms with Crippen molar-refractivity contribution in [3.63, 3.8) is 0 Å². The molecule has 0 radical (unpaired) electrons. The molecule has 1 aliphatic carbocycles. The lowest BCUT2D eigenvalue weighted by molar-refractivity contribution is 0.0946. The van der Waals surface area contributed by atoms with Crippen LogP contribution in [0, 0.1) is 0 Å². The summed E-state index contributed by atoms with van der Waals surface area (Å²) in [4.78, 5) is 16.6. The molecule has 1 aromatic carbocycles. The van der Waals surface area contributed by atoms with Crippen molar-refractivity contribution in [2.75, 3.05) is 18.1 Å². The van der Waals surface area contributed by atoms with Gasteiger partial charge in [-0.2, -0.15) is 0 Å². The number of nitrogens with zero attached hydrogens (tertiary/aromatic N) is 3. The highest BCUT2D eigenvalue weighted by Crippen LogP contribution is 2.39. The van der Waals surface area contributed by atoms with E-state index < -0.39 is 15.7 Å². The molecule has 0 saturated heterocycles. The molecule has 1 saturated carbocycles. The zero-order chi connectivity index (χ0) is 17.2. The molecule has 1 heterocycles. The van der Waals surface area contributed by atoms with Crippen LogP contribution in [0.2, 0.25) is 0 Å². The maximum Gasteiger partial charge on any atom is 0.291 e. The summed E-state index contributed by atoms with van der Waals surface area (Å²) < 4.78 is 24.6. The van der Waals surface area contributed by atoms with E-state index in [1.165, 1.54) is 0 Å². The molecule has 1 aliphatic rings. The zero-order valence-corrected chi connectivity index (χ0v) is 14.3. The highest BCUT2D eigenvalue weighted by atomic mass is 32.2. The minimum Gasteiger partial charge on any atom is -0.348 e. The van der Waals surface area contributed by atoms with Crippen molar-refractivity contribution in [3.05, 3.63) is 42.0 Å². The van der Waals surface area contributed by atoms with Gasteiger partial charge in [-0.25, -0.2) is 18.1 Å². The Balaban J connectivity index is 1.75. The Morgan fingerprint density at radius 2 is 2.00 bits per heavy atom. The van der Waals surface area contributed by atoms with Gasteiger partial charge in [0, 0.05) is 18.2 Å². The second-order valence-electron chi connectivity index (χ2n) is 5.81. The monoisotopic (exact) mass is 348 g/mol. The number of amides is 1. The number of sulfone groups is 1. The summed E-state index contributed by atoms with van der Waals surface area (Å²) in [7, 11) is -3.11. The maximum absolute atomic E-state index is 12.2. The van der Waals surface area contributed by atoms with E-state index in [2.05, 4.69) is 15.4 Å². The van der Waals surface area contributed by atoms with Gasteiger partial charge in [0.25, 0.3) is 5.91 Å². The number of benzene rings is 1. The lowest BCUT2D eigenvalue weighted by Gasteiger charge is -2.03. The van der Waals surface area contributed by atoms with Gasteiger partial charge < -0.3 is 5.32 Å². The average Bonchev–Trinajstić information content (AvgIpc) is 3.33. The number of rotatable bonds is 7. The Kier molecular flexibility index (Phi) is 4.66. The summed E-state index contributed by atoms with van der Waals surface area (Å²) >= 11 is 0. The number of nitrogens with one attached hydrogen (secondary N) is 1. The largest absolute Gasteiger partial charge is 0.348 e. The number of carbonyl (C=O) groups is 1. The van der Waals surface area contributed by atoms with E-state index in [1.807, 2.05) is 30.3 Å². The van der Waals surface area contributed by atoms with Crippen LogP contribution in [0.4, 0.5) is 0 Å². The Hall–Kier alpha value is -2.22. The van der Waals surface area contributed by atoms with Gasteiger partial charge in [-0.15, -0.1) is 5.10 Å². The van der Waals surface area contributed by atoms with E-state index in [9.17, 15) is 13.2 Å². The van der Waals surface area contributed by atoms with E-state index in [-0.39, 0.29) is 23.9 Å². The van der Waals surface area contributed by atoms with Crippen LogP contribution in [-0.4, -0.2) is 47.1 Å². The number of hydrogen-bond donors (Lipinski definition) is 1. The standard InChI is InChI=1S/C16H20N4O3S/c1-2-24(22,23)11-10-17-16(21)14-18-15(12-8-9-12)20(19-14)13-6-4-3-5-7-13/h3-7,12H,2,8-11H2,1H3,(H,17,21). The molecular formula is C16H20N4O3S. The Labute approximate surface area is 141 Å². The minimum absolute atomic E-state index is 0.0631. The molecular weight excluding hydrogens is 328 g/mol. The second kappa shape index (κ2) is 6.72. The normalized spacial score (nSPS) is 14.5. The molecule has 1 amide bonds. The SMILES string of the molecule is CCS(=O)(=O)CCNC(=O)c1nc(C2CC2)n(-c2ccccc2)n1. The average molecular weight is 348 g/mol. The summed E-state index contributed by atoms with van der Waals surface area (Å²) in [6.07, 6.45) is 2.09. The van der Waals surface area contributed by atoms with E-state index in [0.717, 1.165) is 24.4 Å². The van der Waals surface area contributed by atoms with Crippen molar-refractivity contribution in [2.45, 2.75) is 25.7 Å². The third-order valence-corrected chi connectivity index (χ3v) is 5.62.